The first kappa shape index (κ1) is 21.4. The van der Waals surface area contributed by atoms with Gasteiger partial charge in [0.05, 0.1) is 0 Å². The molecule has 0 atom stereocenters. The Labute approximate surface area is 168 Å². The zero-order valence-corrected chi connectivity index (χ0v) is 15.9. The number of aliphatic imine (C=N–C) groups is 1. The number of hydrogen-bond acceptors (Lipinski definition) is 2. The standard InChI is InChI=1S/C19H21F2N5O.ClH/c20-19(21)9-11-26(12-10-19)18(23)25-17(22)24-14-5-4-8-16(13-14)27-15-6-2-1-3-7-15;/h1-8,13H,9-12H2,(H4,22,23,24,25);1H. The summed E-state index contributed by atoms with van der Waals surface area (Å²) in [6.45, 7) is 0.242. The van der Waals surface area contributed by atoms with Crippen molar-refractivity contribution in [2.24, 2.45) is 10.7 Å². The lowest BCUT2D eigenvalue weighted by Gasteiger charge is -2.32. The van der Waals surface area contributed by atoms with Crippen LogP contribution in [-0.2, 0) is 0 Å². The lowest BCUT2D eigenvalue weighted by Crippen LogP contribution is -2.46. The van der Waals surface area contributed by atoms with Crippen LogP contribution in [0.4, 0.5) is 14.5 Å². The first-order valence-corrected chi connectivity index (χ1v) is 8.57. The van der Waals surface area contributed by atoms with Gasteiger partial charge in [0.15, 0.2) is 5.96 Å². The van der Waals surface area contributed by atoms with Crippen molar-refractivity contribution in [3.8, 4) is 11.5 Å². The Morgan fingerprint density at radius 2 is 1.71 bits per heavy atom. The molecule has 1 aliphatic heterocycles. The molecular weight excluding hydrogens is 388 g/mol. The SMILES string of the molecule is Cl.N=C(N=C(N)N1CCC(F)(F)CC1)Nc1cccc(Oc2ccccc2)c1. The van der Waals surface area contributed by atoms with Gasteiger partial charge in [0.2, 0.25) is 5.96 Å². The number of hydrogen-bond donors (Lipinski definition) is 3. The number of nitrogens with two attached hydrogens (primary N) is 1. The van der Waals surface area contributed by atoms with E-state index in [4.69, 9.17) is 15.9 Å². The van der Waals surface area contributed by atoms with Crippen LogP contribution in [0.5, 0.6) is 11.5 Å². The number of para-hydroxylation sites is 1. The summed E-state index contributed by atoms with van der Waals surface area (Å²) < 4.78 is 32.2. The van der Waals surface area contributed by atoms with Gasteiger partial charge in [-0.1, -0.05) is 24.3 Å². The van der Waals surface area contributed by atoms with Crippen LogP contribution in [0, 0.1) is 5.41 Å². The number of nitrogens with one attached hydrogen (secondary N) is 2. The summed E-state index contributed by atoms with van der Waals surface area (Å²) in [6, 6.07) is 16.4. The lowest BCUT2D eigenvalue weighted by atomic mass is 10.1. The van der Waals surface area contributed by atoms with Gasteiger partial charge in [-0.2, -0.15) is 4.99 Å². The Morgan fingerprint density at radius 3 is 2.39 bits per heavy atom. The molecule has 0 unspecified atom stereocenters. The van der Waals surface area contributed by atoms with Gasteiger partial charge < -0.3 is 20.7 Å². The van der Waals surface area contributed by atoms with E-state index < -0.39 is 5.92 Å². The van der Waals surface area contributed by atoms with E-state index >= 15 is 0 Å². The van der Waals surface area contributed by atoms with Crippen LogP contribution in [-0.4, -0.2) is 35.8 Å². The molecule has 0 spiro atoms. The van der Waals surface area contributed by atoms with Gasteiger partial charge in [-0.15, -0.1) is 12.4 Å². The van der Waals surface area contributed by atoms with E-state index in [1.807, 2.05) is 30.3 Å². The molecule has 0 saturated carbocycles. The van der Waals surface area contributed by atoms with Crippen LogP contribution in [0.15, 0.2) is 59.6 Å². The van der Waals surface area contributed by atoms with Crippen molar-refractivity contribution < 1.29 is 13.5 Å². The van der Waals surface area contributed by atoms with Crippen LogP contribution in [0.1, 0.15) is 12.8 Å². The van der Waals surface area contributed by atoms with E-state index in [0.29, 0.717) is 17.2 Å². The Bertz CT molecular complexity index is 822. The first-order valence-electron chi connectivity index (χ1n) is 8.57. The molecule has 1 aliphatic rings. The predicted octanol–water partition coefficient (Wildman–Crippen LogP) is 4.29. The quantitative estimate of drug-likeness (QED) is 0.521. The number of likely N-dealkylation sites (tertiary alicyclic amines) is 1. The monoisotopic (exact) mass is 409 g/mol. The molecule has 2 aromatic carbocycles. The molecule has 0 radical (unpaired) electrons. The van der Waals surface area contributed by atoms with Gasteiger partial charge in [-0.25, -0.2) is 8.78 Å². The number of piperidine rings is 1. The van der Waals surface area contributed by atoms with Gasteiger partial charge in [0.1, 0.15) is 11.5 Å². The van der Waals surface area contributed by atoms with Gasteiger partial charge in [-0.05, 0) is 24.3 Å². The number of anilines is 1. The molecule has 1 heterocycles. The van der Waals surface area contributed by atoms with Crippen molar-refractivity contribution in [3.63, 3.8) is 0 Å². The minimum Gasteiger partial charge on any atom is -0.457 e. The average molecular weight is 410 g/mol. The van der Waals surface area contributed by atoms with Crippen molar-refractivity contribution in [2.45, 2.75) is 18.8 Å². The Balaban J connectivity index is 0.00000280. The number of rotatable bonds is 3. The van der Waals surface area contributed by atoms with Crippen molar-refractivity contribution in [1.29, 1.82) is 5.41 Å². The molecule has 0 amide bonds. The van der Waals surface area contributed by atoms with Gasteiger partial charge in [-0.3, -0.25) is 5.41 Å². The molecule has 4 N–H and O–H groups in total. The molecule has 0 aliphatic carbocycles. The second-order valence-corrected chi connectivity index (χ2v) is 6.23. The molecule has 28 heavy (non-hydrogen) atoms. The number of nitrogens with zero attached hydrogens (tertiary/aromatic N) is 2. The summed E-state index contributed by atoms with van der Waals surface area (Å²) in [5, 5.41) is 10.8. The molecule has 0 bridgehead atoms. The molecule has 0 aromatic heterocycles. The van der Waals surface area contributed by atoms with Crippen LogP contribution < -0.4 is 15.8 Å². The van der Waals surface area contributed by atoms with Crippen LogP contribution in [0.3, 0.4) is 0 Å². The molecule has 6 nitrogen and oxygen atoms in total. The highest BCUT2D eigenvalue weighted by Gasteiger charge is 2.34. The molecule has 2 aromatic rings. The fraction of sp³-hybridized carbons (Fsp3) is 0.263. The number of guanidine groups is 2. The maximum atomic E-state index is 13.2. The minimum atomic E-state index is -2.65. The van der Waals surface area contributed by atoms with Crippen molar-refractivity contribution >= 4 is 30.0 Å². The van der Waals surface area contributed by atoms with Crippen molar-refractivity contribution in [2.75, 3.05) is 18.4 Å². The van der Waals surface area contributed by atoms with Gasteiger partial charge in [0.25, 0.3) is 5.92 Å². The van der Waals surface area contributed by atoms with Crippen molar-refractivity contribution in [1.82, 2.24) is 4.90 Å². The van der Waals surface area contributed by atoms with Crippen LogP contribution in [0.25, 0.3) is 0 Å². The summed E-state index contributed by atoms with van der Waals surface area (Å²) in [5.41, 5.74) is 6.46. The molecule has 1 fully saturated rings. The minimum absolute atomic E-state index is 0. The number of halogens is 3. The number of alkyl halides is 2. The maximum absolute atomic E-state index is 13.2. The average Bonchev–Trinajstić information content (AvgIpc) is 2.62. The molecule has 1 saturated heterocycles. The Hall–Kier alpha value is -2.87. The number of ether oxygens (including phenoxy) is 1. The van der Waals surface area contributed by atoms with E-state index in [9.17, 15) is 8.78 Å². The van der Waals surface area contributed by atoms with E-state index in [2.05, 4.69) is 10.3 Å². The van der Waals surface area contributed by atoms with E-state index in [0.717, 1.165) is 0 Å². The summed E-state index contributed by atoms with van der Waals surface area (Å²) in [6.07, 6.45) is -0.522. The lowest BCUT2D eigenvalue weighted by molar-refractivity contribution is -0.0435. The Morgan fingerprint density at radius 1 is 1.07 bits per heavy atom. The van der Waals surface area contributed by atoms with E-state index in [1.165, 1.54) is 0 Å². The van der Waals surface area contributed by atoms with E-state index in [1.54, 1.807) is 29.2 Å². The predicted molar refractivity (Wildman–Crippen MR) is 109 cm³/mol. The third-order valence-electron chi connectivity index (χ3n) is 4.12. The summed E-state index contributed by atoms with van der Waals surface area (Å²) in [5.74, 6) is -1.47. The molecule has 9 heteroatoms. The van der Waals surface area contributed by atoms with Crippen LogP contribution >= 0.6 is 12.4 Å². The normalized spacial score (nSPS) is 16.1. The van der Waals surface area contributed by atoms with Gasteiger partial charge in [0, 0.05) is 37.7 Å². The summed E-state index contributed by atoms with van der Waals surface area (Å²) >= 11 is 0. The van der Waals surface area contributed by atoms with Gasteiger partial charge >= 0.3 is 0 Å². The topological polar surface area (TPSA) is 86.7 Å². The first-order chi connectivity index (χ1) is 12.9. The highest BCUT2D eigenvalue weighted by Crippen LogP contribution is 2.27. The maximum Gasteiger partial charge on any atom is 0.251 e. The van der Waals surface area contributed by atoms with E-state index in [-0.39, 0.29) is 50.3 Å². The third-order valence-corrected chi connectivity index (χ3v) is 4.12. The summed E-state index contributed by atoms with van der Waals surface area (Å²) in [7, 11) is 0. The zero-order valence-electron chi connectivity index (χ0n) is 15.1. The molecule has 3 rings (SSSR count). The molecular formula is C19H22ClF2N5O. The zero-order chi connectivity index (χ0) is 19.3. The fourth-order valence-electron chi connectivity index (χ4n) is 2.67. The summed E-state index contributed by atoms with van der Waals surface area (Å²) in [4.78, 5) is 5.52. The highest BCUT2D eigenvalue weighted by atomic mass is 35.5. The fourth-order valence-corrected chi connectivity index (χ4v) is 2.67. The second-order valence-electron chi connectivity index (χ2n) is 6.23. The smallest absolute Gasteiger partial charge is 0.251 e. The third kappa shape index (κ3) is 6.09. The van der Waals surface area contributed by atoms with Crippen molar-refractivity contribution in [3.05, 3.63) is 54.6 Å². The molecule has 150 valence electrons. The largest absolute Gasteiger partial charge is 0.457 e. The number of benzene rings is 2. The second kappa shape index (κ2) is 9.36. The highest BCUT2D eigenvalue weighted by molar-refractivity contribution is 6.00. The van der Waals surface area contributed by atoms with Crippen LogP contribution in [0.2, 0.25) is 0 Å². The Kier molecular flexibility index (Phi) is 7.17.